The third kappa shape index (κ3) is 3.60. The maximum Gasteiger partial charge on any atom is 0.277 e. The first-order valence-corrected chi connectivity index (χ1v) is 11.0. The average molecular weight is 441 g/mol. The van der Waals surface area contributed by atoms with E-state index in [1.807, 2.05) is 6.07 Å². The molecule has 5 rings (SSSR count). The van der Waals surface area contributed by atoms with E-state index in [9.17, 15) is 18.4 Å². The van der Waals surface area contributed by atoms with Crippen LogP contribution in [-0.2, 0) is 24.3 Å². The molecule has 168 valence electrons. The second kappa shape index (κ2) is 8.12. The van der Waals surface area contributed by atoms with Gasteiger partial charge in [-0.15, -0.1) is 0 Å². The van der Waals surface area contributed by atoms with E-state index in [1.165, 1.54) is 17.5 Å². The molecule has 2 aliphatic heterocycles. The van der Waals surface area contributed by atoms with E-state index < -0.39 is 11.6 Å². The molecule has 0 aliphatic carbocycles. The van der Waals surface area contributed by atoms with Crippen molar-refractivity contribution >= 4 is 11.6 Å². The standard InChI is InChI=1S/C23H25F2N5O2/c1-14(31)28-10-8-18-16(13-28)23(32)30-21(26-18)11-19(27-30)20-7-2-3-9-29(20)12-15-5-4-6-17(24)22(15)25/h4-6,11,20,27H,2-3,7-10,12-13H2,1H3. The van der Waals surface area contributed by atoms with Gasteiger partial charge in [-0.2, -0.15) is 0 Å². The van der Waals surface area contributed by atoms with Crippen molar-refractivity contribution in [1.29, 1.82) is 0 Å². The monoisotopic (exact) mass is 441 g/mol. The van der Waals surface area contributed by atoms with Gasteiger partial charge in [-0.25, -0.2) is 18.3 Å². The number of rotatable bonds is 3. The van der Waals surface area contributed by atoms with Gasteiger partial charge >= 0.3 is 0 Å². The Bertz CT molecular complexity index is 1250. The number of aromatic amines is 1. The Hall–Kier alpha value is -3.07. The van der Waals surface area contributed by atoms with E-state index >= 15 is 0 Å². The topological polar surface area (TPSA) is 73.7 Å². The van der Waals surface area contributed by atoms with Crippen LogP contribution >= 0.6 is 0 Å². The molecule has 32 heavy (non-hydrogen) atoms. The molecule has 0 spiro atoms. The summed E-state index contributed by atoms with van der Waals surface area (Å²) >= 11 is 0. The van der Waals surface area contributed by atoms with Crippen LogP contribution < -0.4 is 5.56 Å². The van der Waals surface area contributed by atoms with Crippen molar-refractivity contribution in [3.63, 3.8) is 0 Å². The smallest absolute Gasteiger partial charge is 0.277 e. The number of carbonyl (C=O) groups excluding carboxylic acids is 1. The summed E-state index contributed by atoms with van der Waals surface area (Å²) in [5, 5.41) is 3.20. The minimum absolute atomic E-state index is 0.0572. The van der Waals surface area contributed by atoms with Crippen molar-refractivity contribution in [2.24, 2.45) is 0 Å². The number of nitrogens with one attached hydrogen (secondary N) is 1. The van der Waals surface area contributed by atoms with E-state index in [1.54, 1.807) is 11.0 Å². The van der Waals surface area contributed by atoms with E-state index in [0.717, 1.165) is 43.3 Å². The van der Waals surface area contributed by atoms with Crippen LogP contribution in [0.25, 0.3) is 5.65 Å². The average Bonchev–Trinajstić information content (AvgIpc) is 3.21. The molecule has 2 aromatic heterocycles. The summed E-state index contributed by atoms with van der Waals surface area (Å²) in [5.74, 6) is -1.72. The number of H-pyrrole nitrogens is 1. The molecule has 1 fully saturated rings. The van der Waals surface area contributed by atoms with Crippen LogP contribution in [0.2, 0.25) is 0 Å². The van der Waals surface area contributed by atoms with Gasteiger partial charge in [0, 0.05) is 38.1 Å². The SMILES string of the molecule is CC(=O)N1CCc2nc3cc(C4CCCCN4Cc4cccc(F)c4F)[nH]n3c(=O)c2C1. The van der Waals surface area contributed by atoms with Gasteiger partial charge < -0.3 is 4.90 Å². The molecule has 1 unspecified atom stereocenters. The van der Waals surface area contributed by atoms with Crippen LogP contribution in [0.4, 0.5) is 8.78 Å². The Morgan fingerprint density at radius 3 is 2.91 bits per heavy atom. The Labute approximate surface area is 183 Å². The Kier molecular flexibility index (Phi) is 5.28. The van der Waals surface area contributed by atoms with Crippen LogP contribution in [0.5, 0.6) is 0 Å². The molecule has 1 aromatic carbocycles. The van der Waals surface area contributed by atoms with Crippen molar-refractivity contribution in [3.05, 3.63) is 68.8 Å². The molecular formula is C23H25F2N5O2. The van der Waals surface area contributed by atoms with E-state index in [2.05, 4.69) is 15.0 Å². The van der Waals surface area contributed by atoms with Crippen LogP contribution in [0.15, 0.2) is 29.1 Å². The van der Waals surface area contributed by atoms with E-state index in [0.29, 0.717) is 29.7 Å². The molecule has 4 heterocycles. The minimum atomic E-state index is -0.845. The summed E-state index contributed by atoms with van der Waals surface area (Å²) in [7, 11) is 0. The third-order valence-corrected chi connectivity index (χ3v) is 6.60. The predicted octanol–water partition coefficient (Wildman–Crippen LogP) is 2.93. The van der Waals surface area contributed by atoms with Gasteiger partial charge in [0.15, 0.2) is 17.3 Å². The maximum atomic E-state index is 14.3. The summed E-state index contributed by atoms with van der Waals surface area (Å²) in [6.45, 7) is 3.36. The van der Waals surface area contributed by atoms with Gasteiger partial charge in [0.2, 0.25) is 5.91 Å². The number of halogens is 2. The predicted molar refractivity (Wildman–Crippen MR) is 114 cm³/mol. The molecule has 1 N–H and O–H groups in total. The fourth-order valence-corrected chi connectivity index (χ4v) is 4.86. The van der Waals surface area contributed by atoms with Gasteiger partial charge in [-0.1, -0.05) is 18.6 Å². The highest BCUT2D eigenvalue weighted by Crippen LogP contribution is 2.32. The fourth-order valence-electron chi connectivity index (χ4n) is 4.86. The van der Waals surface area contributed by atoms with Crippen molar-refractivity contribution < 1.29 is 13.6 Å². The second-order valence-electron chi connectivity index (χ2n) is 8.63. The first-order valence-electron chi connectivity index (χ1n) is 11.0. The summed E-state index contributed by atoms with van der Waals surface area (Å²) in [6, 6.07) is 6.07. The highest BCUT2D eigenvalue weighted by atomic mass is 19.2. The highest BCUT2D eigenvalue weighted by molar-refractivity contribution is 5.73. The normalized spacial score (nSPS) is 19.3. The van der Waals surface area contributed by atoms with Gasteiger partial charge in [0.05, 0.1) is 29.5 Å². The fraction of sp³-hybridized carbons (Fsp3) is 0.435. The molecule has 7 nitrogen and oxygen atoms in total. The van der Waals surface area contributed by atoms with Crippen molar-refractivity contribution in [1.82, 2.24) is 24.4 Å². The van der Waals surface area contributed by atoms with E-state index in [-0.39, 0.29) is 30.6 Å². The lowest BCUT2D eigenvalue weighted by Gasteiger charge is -2.35. The number of piperidine rings is 1. The van der Waals surface area contributed by atoms with Crippen LogP contribution in [0.3, 0.4) is 0 Å². The van der Waals surface area contributed by atoms with Crippen molar-refractivity contribution in [2.75, 3.05) is 13.1 Å². The molecule has 0 bridgehead atoms. The van der Waals surface area contributed by atoms with Crippen molar-refractivity contribution in [3.8, 4) is 0 Å². The van der Waals surface area contributed by atoms with Gasteiger partial charge in [-0.05, 0) is 25.5 Å². The molecule has 3 aromatic rings. The zero-order valence-electron chi connectivity index (χ0n) is 17.9. The molecule has 2 aliphatic rings. The molecule has 1 amide bonds. The number of carbonyl (C=O) groups is 1. The number of nitrogens with zero attached hydrogens (tertiary/aromatic N) is 4. The van der Waals surface area contributed by atoms with Crippen LogP contribution in [0.1, 0.15) is 54.7 Å². The van der Waals surface area contributed by atoms with Crippen molar-refractivity contribution in [2.45, 2.75) is 51.7 Å². The third-order valence-electron chi connectivity index (χ3n) is 6.60. The number of fused-ring (bicyclic) bond motifs is 2. The zero-order chi connectivity index (χ0) is 22.4. The number of likely N-dealkylation sites (tertiary alicyclic amines) is 1. The number of hydrogen-bond donors (Lipinski definition) is 1. The minimum Gasteiger partial charge on any atom is -0.338 e. The zero-order valence-corrected chi connectivity index (χ0v) is 17.9. The Balaban J connectivity index is 1.49. The molecule has 0 radical (unpaired) electrons. The van der Waals surface area contributed by atoms with Crippen LogP contribution in [-0.4, -0.2) is 43.4 Å². The maximum absolute atomic E-state index is 14.3. The van der Waals surface area contributed by atoms with Gasteiger partial charge in [0.25, 0.3) is 5.56 Å². The molecule has 9 heteroatoms. The lowest BCUT2D eigenvalue weighted by molar-refractivity contribution is -0.129. The lowest BCUT2D eigenvalue weighted by atomic mass is 9.98. The quantitative estimate of drug-likeness (QED) is 0.678. The first-order chi connectivity index (χ1) is 15.4. The second-order valence-corrected chi connectivity index (χ2v) is 8.63. The summed E-state index contributed by atoms with van der Waals surface area (Å²) < 4.78 is 29.4. The summed E-state index contributed by atoms with van der Waals surface area (Å²) in [4.78, 5) is 33.4. The lowest BCUT2D eigenvalue weighted by Crippen LogP contribution is -2.39. The molecule has 1 saturated heterocycles. The van der Waals surface area contributed by atoms with Crippen LogP contribution in [0, 0.1) is 11.6 Å². The number of benzene rings is 1. The Morgan fingerprint density at radius 1 is 1.25 bits per heavy atom. The largest absolute Gasteiger partial charge is 0.338 e. The number of aromatic nitrogens is 3. The Morgan fingerprint density at radius 2 is 2.09 bits per heavy atom. The summed E-state index contributed by atoms with van der Waals surface area (Å²) in [5.41, 5.74) is 2.78. The number of hydrogen-bond acceptors (Lipinski definition) is 4. The molecule has 0 saturated carbocycles. The highest BCUT2D eigenvalue weighted by Gasteiger charge is 2.29. The summed E-state index contributed by atoms with van der Waals surface area (Å²) in [6.07, 6.45) is 3.38. The molecular weight excluding hydrogens is 416 g/mol. The van der Waals surface area contributed by atoms with E-state index in [4.69, 9.17) is 0 Å². The molecule has 1 atom stereocenters. The first kappa shape index (κ1) is 20.8. The van der Waals surface area contributed by atoms with Gasteiger partial charge in [0.1, 0.15) is 0 Å². The number of amides is 1. The van der Waals surface area contributed by atoms with Gasteiger partial charge in [-0.3, -0.25) is 19.6 Å².